The topological polar surface area (TPSA) is 30.5 Å². The van der Waals surface area contributed by atoms with E-state index in [0.717, 1.165) is 30.9 Å². The quantitative estimate of drug-likeness (QED) is 0.603. The largest absolute Gasteiger partial charge is 0.488 e. The minimum absolute atomic E-state index is 0.102. The van der Waals surface area contributed by atoms with Gasteiger partial charge in [-0.15, -0.1) is 0 Å². The third-order valence-electron chi connectivity index (χ3n) is 3.67. The lowest BCUT2D eigenvalue weighted by Gasteiger charge is -2.13. The summed E-state index contributed by atoms with van der Waals surface area (Å²) in [5.41, 5.74) is 1.40. The Hall–Kier alpha value is -1.62. The van der Waals surface area contributed by atoms with Crippen molar-refractivity contribution < 1.29 is 13.9 Å². The van der Waals surface area contributed by atoms with E-state index >= 15 is 0 Å². The molecule has 25 heavy (non-hydrogen) atoms. The number of ether oxygens (including phenoxy) is 2. The summed E-state index contributed by atoms with van der Waals surface area (Å²) < 4.78 is 25.2. The number of para-hydroxylation sites is 1. The molecule has 136 valence electrons. The van der Waals surface area contributed by atoms with Gasteiger partial charge in [-0.1, -0.05) is 35.9 Å². The Bertz CT molecular complexity index is 644. The fraction of sp³-hybridized carbons (Fsp3) is 0.400. The minimum Gasteiger partial charge on any atom is -0.488 e. The first kappa shape index (κ1) is 19.7. The van der Waals surface area contributed by atoms with Gasteiger partial charge in [0.2, 0.25) is 0 Å². The van der Waals surface area contributed by atoms with E-state index in [-0.39, 0.29) is 18.5 Å². The monoisotopic (exact) mass is 365 g/mol. The molecular formula is C20H25ClFNO2. The van der Waals surface area contributed by atoms with Gasteiger partial charge in [0.1, 0.15) is 18.2 Å². The molecule has 0 fully saturated rings. The molecular weight excluding hydrogens is 341 g/mol. The van der Waals surface area contributed by atoms with Crippen molar-refractivity contribution in [3.63, 3.8) is 0 Å². The Balaban J connectivity index is 1.86. The van der Waals surface area contributed by atoms with Crippen LogP contribution in [0.4, 0.5) is 4.39 Å². The molecule has 5 heteroatoms. The van der Waals surface area contributed by atoms with Crippen LogP contribution in [-0.4, -0.2) is 19.3 Å². The summed E-state index contributed by atoms with van der Waals surface area (Å²) in [6.45, 7) is 6.45. The second-order valence-corrected chi connectivity index (χ2v) is 6.45. The number of nitrogens with one attached hydrogen (secondary N) is 1. The first-order valence-corrected chi connectivity index (χ1v) is 8.91. The van der Waals surface area contributed by atoms with E-state index < -0.39 is 0 Å². The molecule has 0 bridgehead atoms. The molecule has 0 atom stereocenters. The second-order valence-electron chi connectivity index (χ2n) is 6.05. The van der Waals surface area contributed by atoms with Crippen LogP contribution in [0.1, 0.15) is 31.4 Å². The highest BCUT2D eigenvalue weighted by atomic mass is 35.5. The molecule has 0 spiro atoms. The number of hydrogen-bond acceptors (Lipinski definition) is 3. The highest BCUT2D eigenvalue weighted by Crippen LogP contribution is 2.23. The van der Waals surface area contributed by atoms with E-state index in [1.807, 2.05) is 38.1 Å². The fourth-order valence-corrected chi connectivity index (χ4v) is 2.57. The molecule has 0 aliphatic heterocycles. The third kappa shape index (κ3) is 6.65. The molecule has 2 aromatic rings. The van der Waals surface area contributed by atoms with Crippen molar-refractivity contribution in [1.82, 2.24) is 5.32 Å². The van der Waals surface area contributed by atoms with Crippen LogP contribution in [0.3, 0.4) is 0 Å². The Morgan fingerprint density at radius 1 is 1.12 bits per heavy atom. The van der Waals surface area contributed by atoms with Gasteiger partial charge >= 0.3 is 0 Å². The third-order valence-corrected chi connectivity index (χ3v) is 4.02. The summed E-state index contributed by atoms with van der Waals surface area (Å²) in [6, 6.07) is 12.4. The standard InChI is InChI=1S/C20H25ClFNO2/c1-15(2)24-12-6-11-23-13-16-7-3-4-10-20(16)25-14-17-18(21)8-5-9-19(17)22/h3-5,7-10,15,23H,6,11-14H2,1-2H3. The fourth-order valence-electron chi connectivity index (χ4n) is 2.35. The molecule has 0 aliphatic carbocycles. The van der Waals surface area contributed by atoms with Crippen LogP contribution < -0.4 is 10.1 Å². The molecule has 0 radical (unpaired) electrons. The lowest BCUT2D eigenvalue weighted by Crippen LogP contribution is -2.18. The SMILES string of the molecule is CC(C)OCCCNCc1ccccc1OCc1c(F)cccc1Cl. The molecule has 0 heterocycles. The van der Waals surface area contributed by atoms with Gasteiger partial charge < -0.3 is 14.8 Å². The van der Waals surface area contributed by atoms with Crippen LogP contribution in [0, 0.1) is 5.82 Å². The van der Waals surface area contributed by atoms with Crippen molar-refractivity contribution in [2.75, 3.05) is 13.2 Å². The molecule has 3 nitrogen and oxygen atoms in total. The summed E-state index contributed by atoms with van der Waals surface area (Å²) in [4.78, 5) is 0. The van der Waals surface area contributed by atoms with Crippen molar-refractivity contribution in [2.45, 2.75) is 39.5 Å². The zero-order valence-corrected chi connectivity index (χ0v) is 15.5. The predicted octanol–water partition coefficient (Wildman–Crippen LogP) is 4.96. The van der Waals surface area contributed by atoms with E-state index in [1.54, 1.807) is 12.1 Å². The van der Waals surface area contributed by atoms with E-state index in [9.17, 15) is 4.39 Å². The van der Waals surface area contributed by atoms with Crippen LogP contribution in [0.2, 0.25) is 5.02 Å². The molecule has 0 amide bonds. The summed E-state index contributed by atoms with van der Waals surface area (Å²) >= 11 is 6.05. The normalized spacial score (nSPS) is 11.1. The average molecular weight is 366 g/mol. The molecule has 2 aromatic carbocycles. The number of hydrogen-bond donors (Lipinski definition) is 1. The van der Waals surface area contributed by atoms with Crippen LogP contribution >= 0.6 is 11.6 Å². The Labute approximate surface area is 154 Å². The van der Waals surface area contributed by atoms with Crippen LogP contribution in [-0.2, 0) is 17.9 Å². The molecule has 0 unspecified atom stereocenters. The number of benzene rings is 2. The van der Waals surface area contributed by atoms with Crippen molar-refractivity contribution in [3.8, 4) is 5.75 Å². The maximum atomic E-state index is 13.8. The maximum Gasteiger partial charge on any atom is 0.131 e. The van der Waals surface area contributed by atoms with Gasteiger partial charge in [-0.25, -0.2) is 4.39 Å². The number of rotatable bonds is 10. The van der Waals surface area contributed by atoms with Crippen LogP contribution in [0.25, 0.3) is 0 Å². The van der Waals surface area contributed by atoms with E-state index in [2.05, 4.69) is 5.32 Å². The van der Waals surface area contributed by atoms with Gasteiger partial charge in [0, 0.05) is 24.3 Å². The average Bonchev–Trinajstić information content (AvgIpc) is 2.58. The second kappa shape index (κ2) is 10.4. The Morgan fingerprint density at radius 3 is 2.68 bits per heavy atom. The smallest absolute Gasteiger partial charge is 0.131 e. The first-order chi connectivity index (χ1) is 12.1. The first-order valence-electron chi connectivity index (χ1n) is 8.54. The molecule has 0 aliphatic rings. The highest BCUT2D eigenvalue weighted by Gasteiger charge is 2.09. The summed E-state index contributed by atoms with van der Waals surface area (Å²) in [7, 11) is 0. The summed E-state index contributed by atoms with van der Waals surface area (Å²) in [6.07, 6.45) is 1.21. The van der Waals surface area contributed by atoms with Gasteiger partial charge in [-0.05, 0) is 45.0 Å². The lowest BCUT2D eigenvalue weighted by atomic mass is 10.2. The van der Waals surface area contributed by atoms with Crippen molar-refractivity contribution in [2.24, 2.45) is 0 Å². The van der Waals surface area contributed by atoms with Gasteiger partial charge in [-0.2, -0.15) is 0 Å². The van der Waals surface area contributed by atoms with E-state index in [0.29, 0.717) is 17.1 Å². The van der Waals surface area contributed by atoms with Crippen LogP contribution in [0.15, 0.2) is 42.5 Å². The zero-order chi connectivity index (χ0) is 18.1. The highest BCUT2D eigenvalue weighted by molar-refractivity contribution is 6.31. The Morgan fingerprint density at radius 2 is 1.92 bits per heavy atom. The van der Waals surface area contributed by atoms with Crippen molar-refractivity contribution in [1.29, 1.82) is 0 Å². The van der Waals surface area contributed by atoms with Gasteiger partial charge in [0.15, 0.2) is 0 Å². The van der Waals surface area contributed by atoms with Gasteiger partial charge in [0.25, 0.3) is 0 Å². The molecule has 0 saturated heterocycles. The van der Waals surface area contributed by atoms with Crippen molar-refractivity contribution in [3.05, 3.63) is 64.4 Å². The molecule has 0 aromatic heterocycles. The van der Waals surface area contributed by atoms with Gasteiger partial charge in [0.05, 0.1) is 11.1 Å². The summed E-state index contributed by atoms with van der Waals surface area (Å²) in [5, 5.41) is 3.75. The van der Waals surface area contributed by atoms with E-state index in [4.69, 9.17) is 21.1 Å². The molecule has 2 rings (SSSR count). The minimum atomic E-state index is -0.353. The number of halogens is 2. The Kier molecular flexibility index (Phi) is 8.19. The molecule has 1 N–H and O–H groups in total. The predicted molar refractivity (Wildman–Crippen MR) is 99.6 cm³/mol. The summed E-state index contributed by atoms with van der Waals surface area (Å²) in [5.74, 6) is 0.376. The zero-order valence-electron chi connectivity index (χ0n) is 14.7. The van der Waals surface area contributed by atoms with Crippen LogP contribution in [0.5, 0.6) is 5.75 Å². The maximum absolute atomic E-state index is 13.8. The van der Waals surface area contributed by atoms with Crippen molar-refractivity contribution >= 4 is 11.6 Å². The van der Waals surface area contributed by atoms with Gasteiger partial charge in [-0.3, -0.25) is 0 Å². The lowest BCUT2D eigenvalue weighted by molar-refractivity contribution is 0.0770. The molecule has 0 saturated carbocycles. The van der Waals surface area contributed by atoms with E-state index in [1.165, 1.54) is 6.07 Å².